The number of ether oxygens (including phenoxy) is 2. The van der Waals surface area contributed by atoms with E-state index in [4.69, 9.17) is 9.47 Å². The average molecular weight is 426 g/mol. The number of benzene rings is 1. The van der Waals surface area contributed by atoms with Gasteiger partial charge in [-0.05, 0) is 50.5 Å². The molecule has 0 aliphatic heterocycles. The van der Waals surface area contributed by atoms with Gasteiger partial charge < -0.3 is 9.47 Å². The van der Waals surface area contributed by atoms with Gasteiger partial charge in [0, 0.05) is 17.0 Å². The Morgan fingerprint density at radius 1 is 1.06 bits per heavy atom. The van der Waals surface area contributed by atoms with Crippen LogP contribution in [-0.2, 0) is 0 Å². The lowest BCUT2D eigenvalue weighted by molar-refractivity contribution is 0.0841. The lowest BCUT2D eigenvalue weighted by Crippen LogP contribution is -2.42. The Bertz CT molecular complexity index is 1110. The van der Waals surface area contributed by atoms with Crippen molar-refractivity contribution >= 4 is 17.6 Å². The molecule has 0 unspecified atom stereocenters. The Balaban J connectivity index is 1.64. The normalized spacial score (nSPS) is 10.9. The molecule has 2 aromatic heterocycles. The summed E-state index contributed by atoms with van der Waals surface area (Å²) in [4.78, 5) is 33.2. The molecule has 0 saturated carbocycles. The fraction of sp³-hybridized carbons (Fsp3) is 0.381. The Kier molecular flexibility index (Phi) is 6.68. The van der Waals surface area contributed by atoms with Crippen LogP contribution in [-0.4, -0.2) is 45.1 Å². The number of amides is 2. The highest BCUT2D eigenvalue weighted by atomic mass is 16.5. The van der Waals surface area contributed by atoms with E-state index in [0.29, 0.717) is 35.4 Å². The Morgan fingerprint density at radius 3 is 2.52 bits per heavy atom. The molecule has 1 aromatic carbocycles. The number of methoxy groups -OCH3 is 1. The zero-order valence-corrected chi connectivity index (χ0v) is 18.2. The van der Waals surface area contributed by atoms with Crippen LogP contribution in [0.2, 0.25) is 0 Å². The third kappa shape index (κ3) is 5.27. The van der Waals surface area contributed by atoms with Gasteiger partial charge in [-0.25, -0.2) is 9.50 Å². The molecule has 10 nitrogen and oxygen atoms in total. The lowest BCUT2D eigenvalue weighted by atomic mass is 10.1. The number of hydrogen-bond donors (Lipinski definition) is 2. The standard InChI is InChI=1S/C21H26N6O4/c1-12(2)8-9-31-16-7-6-15(11-17(16)30-5)19(28)24-25-20(29)18-23-21-22-13(3)10-14(4)27(21)26-18/h6-7,10-12H,8-9H2,1-5H3,(H,24,28)(H,25,29). The number of hydrazine groups is 1. The van der Waals surface area contributed by atoms with Crippen LogP contribution >= 0.6 is 0 Å². The van der Waals surface area contributed by atoms with Crippen molar-refractivity contribution < 1.29 is 19.1 Å². The van der Waals surface area contributed by atoms with Gasteiger partial charge >= 0.3 is 5.91 Å². The first-order valence-corrected chi connectivity index (χ1v) is 9.91. The van der Waals surface area contributed by atoms with Crippen molar-refractivity contribution in [3.05, 3.63) is 47.0 Å². The number of hydrogen-bond acceptors (Lipinski definition) is 7. The summed E-state index contributed by atoms with van der Waals surface area (Å²) >= 11 is 0. The van der Waals surface area contributed by atoms with E-state index in [1.807, 2.05) is 19.9 Å². The second kappa shape index (κ2) is 9.41. The molecular weight excluding hydrogens is 400 g/mol. The van der Waals surface area contributed by atoms with Crippen LogP contribution in [0.5, 0.6) is 11.5 Å². The number of nitrogens with zero attached hydrogens (tertiary/aromatic N) is 4. The molecule has 2 N–H and O–H groups in total. The van der Waals surface area contributed by atoms with Crippen molar-refractivity contribution in [1.82, 2.24) is 30.4 Å². The molecule has 0 spiro atoms. The van der Waals surface area contributed by atoms with Crippen molar-refractivity contribution in [2.24, 2.45) is 5.92 Å². The van der Waals surface area contributed by atoms with E-state index >= 15 is 0 Å². The number of carbonyl (C=O) groups excluding carboxylic acids is 2. The molecule has 0 aliphatic rings. The van der Waals surface area contributed by atoms with Gasteiger partial charge in [0.2, 0.25) is 5.82 Å². The second-order valence-corrected chi connectivity index (χ2v) is 7.49. The summed E-state index contributed by atoms with van der Waals surface area (Å²) in [6.07, 6.45) is 0.906. The number of fused-ring (bicyclic) bond motifs is 1. The van der Waals surface area contributed by atoms with E-state index in [-0.39, 0.29) is 5.82 Å². The van der Waals surface area contributed by atoms with E-state index in [9.17, 15) is 9.59 Å². The first-order chi connectivity index (χ1) is 14.8. The number of rotatable bonds is 7. The quantitative estimate of drug-likeness (QED) is 0.556. The highest BCUT2D eigenvalue weighted by Crippen LogP contribution is 2.28. The molecule has 0 bridgehead atoms. The van der Waals surface area contributed by atoms with E-state index < -0.39 is 11.8 Å². The van der Waals surface area contributed by atoms with Crippen LogP contribution < -0.4 is 20.3 Å². The first-order valence-electron chi connectivity index (χ1n) is 9.91. The molecule has 31 heavy (non-hydrogen) atoms. The molecular formula is C21H26N6O4. The largest absolute Gasteiger partial charge is 0.493 e. The molecule has 10 heteroatoms. The molecule has 0 aliphatic carbocycles. The smallest absolute Gasteiger partial charge is 0.309 e. The molecule has 2 amide bonds. The number of nitrogens with one attached hydrogen (secondary N) is 2. The summed E-state index contributed by atoms with van der Waals surface area (Å²) in [6, 6.07) is 6.63. The minimum Gasteiger partial charge on any atom is -0.493 e. The zero-order chi connectivity index (χ0) is 22.5. The first kappa shape index (κ1) is 22.0. The van der Waals surface area contributed by atoms with Crippen molar-refractivity contribution in [2.75, 3.05) is 13.7 Å². The Morgan fingerprint density at radius 2 is 1.81 bits per heavy atom. The third-order valence-corrected chi connectivity index (χ3v) is 4.49. The monoisotopic (exact) mass is 426 g/mol. The molecule has 0 saturated heterocycles. The van der Waals surface area contributed by atoms with Gasteiger partial charge in [-0.1, -0.05) is 13.8 Å². The fourth-order valence-corrected chi connectivity index (χ4v) is 2.84. The van der Waals surface area contributed by atoms with Gasteiger partial charge in [0.05, 0.1) is 13.7 Å². The summed E-state index contributed by atoms with van der Waals surface area (Å²) in [5, 5.41) is 4.13. The summed E-state index contributed by atoms with van der Waals surface area (Å²) < 4.78 is 12.5. The van der Waals surface area contributed by atoms with Crippen LogP contribution in [0.4, 0.5) is 0 Å². The third-order valence-electron chi connectivity index (χ3n) is 4.49. The predicted molar refractivity (Wildman–Crippen MR) is 113 cm³/mol. The van der Waals surface area contributed by atoms with Gasteiger partial charge in [0.25, 0.3) is 11.7 Å². The number of carbonyl (C=O) groups is 2. The highest BCUT2D eigenvalue weighted by molar-refractivity contribution is 5.98. The number of aryl methyl sites for hydroxylation is 2. The van der Waals surface area contributed by atoms with Crippen molar-refractivity contribution in [3.63, 3.8) is 0 Å². The van der Waals surface area contributed by atoms with Gasteiger partial charge in [-0.2, -0.15) is 4.98 Å². The van der Waals surface area contributed by atoms with Crippen LogP contribution in [0.25, 0.3) is 5.78 Å². The maximum atomic E-state index is 12.5. The minimum atomic E-state index is -0.656. The van der Waals surface area contributed by atoms with Crippen LogP contribution in [0.3, 0.4) is 0 Å². The molecule has 3 aromatic rings. The summed E-state index contributed by atoms with van der Waals surface area (Å²) in [6.45, 7) is 8.45. The zero-order valence-electron chi connectivity index (χ0n) is 18.2. The van der Waals surface area contributed by atoms with Gasteiger partial charge in [0.1, 0.15) is 0 Å². The number of aromatic nitrogens is 4. The molecule has 0 atom stereocenters. The average Bonchev–Trinajstić information content (AvgIpc) is 3.16. The van der Waals surface area contributed by atoms with Crippen molar-refractivity contribution in [3.8, 4) is 11.5 Å². The van der Waals surface area contributed by atoms with Crippen LogP contribution in [0.1, 0.15) is 52.6 Å². The molecule has 164 valence electrons. The topological polar surface area (TPSA) is 120 Å². The molecule has 0 fully saturated rings. The molecule has 0 radical (unpaired) electrons. The summed E-state index contributed by atoms with van der Waals surface area (Å²) in [7, 11) is 1.50. The predicted octanol–water partition coefficient (Wildman–Crippen LogP) is 2.25. The maximum absolute atomic E-state index is 12.5. The summed E-state index contributed by atoms with van der Waals surface area (Å²) in [5.74, 6) is 0.536. The summed E-state index contributed by atoms with van der Waals surface area (Å²) in [5.41, 5.74) is 6.52. The van der Waals surface area contributed by atoms with E-state index in [0.717, 1.165) is 17.8 Å². The van der Waals surface area contributed by atoms with Gasteiger partial charge in [-0.3, -0.25) is 20.4 Å². The molecule has 2 heterocycles. The fourth-order valence-electron chi connectivity index (χ4n) is 2.84. The Hall–Kier alpha value is -3.69. The van der Waals surface area contributed by atoms with Crippen LogP contribution in [0, 0.1) is 19.8 Å². The van der Waals surface area contributed by atoms with Gasteiger partial charge in [0.15, 0.2) is 11.5 Å². The maximum Gasteiger partial charge on any atom is 0.309 e. The minimum absolute atomic E-state index is 0.104. The lowest BCUT2D eigenvalue weighted by Gasteiger charge is -2.13. The van der Waals surface area contributed by atoms with Crippen LogP contribution in [0.15, 0.2) is 24.3 Å². The Labute approximate surface area is 180 Å². The van der Waals surface area contributed by atoms with Crippen molar-refractivity contribution in [2.45, 2.75) is 34.1 Å². The molecule has 3 rings (SSSR count). The van der Waals surface area contributed by atoms with E-state index in [1.165, 1.54) is 11.6 Å². The highest BCUT2D eigenvalue weighted by Gasteiger charge is 2.17. The van der Waals surface area contributed by atoms with E-state index in [2.05, 4.69) is 39.8 Å². The van der Waals surface area contributed by atoms with Crippen molar-refractivity contribution in [1.29, 1.82) is 0 Å². The second-order valence-electron chi connectivity index (χ2n) is 7.49. The van der Waals surface area contributed by atoms with E-state index in [1.54, 1.807) is 18.2 Å². The SMILES string of the molecule is COc1cc(C(=O)NNC(=O)c2nc3nc(C)cc(C)n3n2)ccc1OCCC(C)C. The van der Waals surface area contributed by atoms with Gasteiger partial charge in [-0.15, -0.1) is 5.10 Å².